The highest BCUT2D eigenvalue weighted by Gasteiger charge is 2.63. The molecule has 0 bridgehead atoms. The molecule has 0 atom stereocenters. The Balaban J connectivity index is 1.90. The third-order valence-electron chi connectivity index (χ3n) is 5.06. The normalized spacial score (nSPS) is 23.8. The largest absolute Gasteiger partial charge is 0.379 e. The molecule has 18 heavy (non-hydrogen) atoms. The quantitative estimate of drug-likeness (QED) is 0.866. The van der Waals surface area contributed by atoms with E-state index in [2.05, 4.69) is 35.4 Å². The summed E-state index contributed by atoms with van der Waals surface area (Å²) in [7, 11) is 0. The molecule has 2 fully saturated rings. The number of nitrogens with two attached hydrogens (primary N) is 1. The molecule has 2 aromatic rings. The molecule has 1 aromatic carbocycles. The van der Waals surface area contributed by atoms with E-state index in [-0.39, 0.29) is 10.8 Å². The maximum atomic E-state index is 6.05. The highest BCUT2D eigenvalue weighted by Crippen LogP contribution is 2.62. The van der Waals surface area contributed by atoms with Crippen molar-refractivity contribution in [3.8, 4) is 0 Å². The number of rotatable bonds is 3. The highest BCUT2D eigenvalue weighted by atomic mass is 16.5. The first-order valence-electron chi connectivity index (χ1n) is 6.66. The molecule has 1 aliphatic carbocycles. The fourth-order valence-electron chi connectivity index (χ4n) is 3.55. The maximum Gasteiger partial charge on any atom is 0.0592 e. The third kappa shape index (κ3) is 1.11. The molecule has 1 aromatic heterocycles. The number of aromatic nitrogens is 1. The molecular formula is C15H18N2O. The lowest BCUT2D eigenvalue weighted by molar-refractivity contribution is -0.0965. The summed E-state index contributed by atoms with van der Waals surface area (Å²) >= 11 is 0. The molecule has 1 saturated heterocycles. The van der Waals surface area contributed by atoms with Crippen LogP contribution in [-0.2, 0) is 10.2 Å². The van der Waals surface area contributed by atoms with Crippen molar-refractivity contribution in [2.45, 2.75) is 18.3 Å². The predicted molar refractivity (Wildman–Crippen MR) is 71.5 cm³/mol. The Hall–Kier alpha value is -1.32. The average Bonchev–Trinajstić information content (AvgIpc) is 3.03. The van der Waals surface area contributed by atoms with Gasteiger partial charge in [-0.05, 0) is 36.4 Å². The summed E-state index contributed by atoms with van der Waals surface area (Å²) in [5.41, 5.74) is 9.11. The highest BCUT2D eigenvalue weighted by molar-refractivity contribution is 5.84. The number of para-hydroxylation sites is 1. The summed E-state index contributed by atoms with van der Waals surface area (Å²) in [4.78, 5) is 3.39. The summed E-state index contributed by atoms with van der Waals surface area (Å²) in [6, 6.07) is 8.51. The summed E-state index contributed by atoms with van der Waals surface area (Å²) in [6.07, 6.45) is 4.65. The van der Waals surface area contributed by atoms with E-state index in [0.717, 1.165) is 19.8 Å². The Morgan fingerprint density at radius 3 is 2.61 bits per heavy atom. The van der Waals surface area contributed by atoms with Gasteiger partial charge in [0.25, 0.3) is 0 Å². The second-order valence-electron chi connectivity index (χ2n) is 5.81. The lowest BCUT2D eigenvalue weighted by Gasteiger charge is -2.48. The van der Waals surface area contributed by atoms with Gasteiger partial charge in [0.05, 0.1) is 18.6 Å². The first kappa shape index (κ1) is 10.6. The van der Waals surface area contributed by atoms with Crippen molar-refractivity contribution in [3.63, 3.8) is 0 Å². The van der Waals surface area contributed by atoms with Gasteiger partial charge in [0, 0.05) is 17.1 Å². The molecule has 0 amide bonds. The van der Waals surface area contributed by atoms with Crippen molar-refractivity contribution in [3.05, 3.63) is 36.0 Å². The van der Waals surface area contributed by atoms with E-state index in [9.17, 15) is 0 Å². The molecule has 3 heteroatoms. The smallest absolute Gasteiger partial charge is 0.0592 e. The molecule has 1 saturated carbocycles. The number of hydrogen-bond donors (Lipinski definition) is 2. The Morgan fingerprint density at radius 2 is 2.00 bits per heavy atom. The fraction of sp³-hybridized carbons (Fsp3) is 0.467. The van der Waals surface area contributed by atoms with Crippen LogP contribution in [-0.4, -0.2) is 24.7 Å². The van der Waals surface area contributed by atoms with Crippen LogP contribution >= 0.6 is 0 Å². The van der Waals surface area contributed by atoms with E-state index in [1.165, 1.54) is 29.3 Å². The van der Waals surface area contributed by atoms with Gasteiger partial charge in [-0.1, -0.05) is 18.2 Å². The molecule has 4 rings (SSSR count). The van der Waals surface area contributed by atoms with Crippen LogP contribution in [0.25, 0.3) is 10.9 Å². The van der Waals surface area contributed by atoms with Crippen LogP contribution in [0.1, 0.15) is 18.4 Å². The monoisotopic (exact) mass is 242 g/mol. The van der Waals surface area contributed by atoms with Gasteiger partial charge >= 0.3 is 0 Å². The lowest BCUT2D eigenvalue weighted by Crippen LogP contribution is -2.55. The topological polar surface area (TPSA) is 51.0 Å². The van der Waals surface area contributed by atoms with Crippen LogP contribution in [0.2, 0.25) is 0 Å². The van der Waals surface area contributed by atoms with Gasteiger partial charge in [0.15, 0.2) is 0 Å². The van der Waals surface area contributed by atoms with Crippen LogP contribution in [0, 0.1) is 5.41 Å². The zero-order chi connectivity index (χ0) is 12.2. The van der Waals surface area contributed by atoms with Crippen molar-refractivity contribution < 1.29 is 4.74 Å². The molecular weight excluding hydrogens is 224 g/mol. The molecule has 3 N–H and O–H groups in total. The lowest BCUT2D eigenvalue weighted by atomic mass is 9.66. The van der Waals surface area contributed by atoms with Crippen LogP contribution in [0.3, 0.4) is 0 Å². The minimum Gasteiger partial charge on any atom is -0.379 e. The zero-order valence-electron chi connectivity index (χ0n) is 10.4. The molecule has 94 valence electrons. The van der Waals surface area contributed by atoms with Crippen molar-refractivity contribution >= 4 is 10.9 Å². The van der Waals surface area contributed by atoms with Gasteiger partial charge in [-0.2, -0.15) is 0 Å². The number of fused-ring (bicyclic) bond motifs is 1. The van der Waals surface area contributed by atoms with E-state index < -0.39 is 0 Å². The van der Waals surface area contributed by atoms with Crippen LogP contribution in [0.4, 0.5) is 0 Å². The number of H-pyrrole nitrogens is 1. The van der Waals surface area contributed by atoms with Crippen molar-refractivity contribution in [1.82, 2.24) is 4.98 Å². The molecule has 0 unspecified atom stereocenters. The first-order valence-corrected chi connectivity index (χ1v) is 6.66. The fourth-order valence-corrected chi connectivity index (χ4v) is 3.55. The minimum atomic E-state index is 0.154. The molecule has 0 spiro atoms. The number of aromatic amines is 1. The number of ether oxygens (including phenoxy) is 1. The molecule has 1 aliphatic heterocycles. The zero-order valence-corrected chi connectivity index (χ0v) is 10.4. The number of benzene rings is 1. The van der Waals surface area contributed by atoms with E-state index in [1.54, 1.807) is 0 Å². The Kier molecular flexibility index (Phi) is 1.98. The van der Waals surface area contributed by atoms with E-state index >= 15 is 0 Å². The summed E-state index contributed by atoms with van der Waals surface area (Å²) in [5.74, 6) is 0. The maximum absolute atomic E-state index is 6.05. The van der Waals surface area contributed by atoms with Gasteiger partial charge in [0.1, 0.15) is 0 Å². The Bertz CT molecular complexity index is 593. The summed E-state index contributed by atoms with van der Waals surface area (Å²) in [6.45, 7) is 2.42. The molecule has 2 aliphatic rings. The second-order valence-corrected chi connectivity index (χ2v) is 5.81. The van der Waals surface area contributed by atoms with Crippen LogP contribution < -0.4 is 5.73 Å². The molecule has 0 radical (unpaired) electrons. The van der Waals surface area contributed by atoms with Gasteiger partial charge in [-0.15, -0.1) is 0 Å². The van der Waals surface area contributed by atoms with Gasteiger partial charge in [-0.3, -0.25) is 0 Å². The molecule has 3 nitrogen and oxygen atoms in total. The van der Waals surface area contributed by atoms with Crippen LogP contribution in [0.15, 0.2) is 30.5 Å². The number of nitrogens with one attached hydrogen (secondary N) is 1. The molecule has 2 heterocycles. The standard InChI is InChI=1S/C15H18N2O/c16-8-14(5-6-14)15(9-18-10-15)12-7-17-13-4-2-1-3-11(12)13/h1-4,7,17H,5-6,8-10,16H2. The van der Waals surface area contributed by atoms with Gasteiger partial charge < -0.3 is 15.5 Å². The minimum absolute atomic E-state index is 0.154. The second kappa shape index (κ2) is 3.37. The third-order valence-corrected chi connectivity index (χ3v) is 5.06. The Morgan fingerprint density at radius 1 is 1.22 bits per heavy atom. The van der Waals surface area contributed by atoms with Gasteiger partial charge in [-0.25, -0.2) is 0 Å². The predicted octanol–water partition coefficient (Wildman–Crippen LogP) is 2.17. The van der Waals surface area contributed by atoms with Crippen LogP contribution in [0.5, 0.6) is 0 Å². The van der Waals surface area contributed by atoms with Crippen molar-refractivity contribution in [2.75, 3.05) is 19.8 Å². The Labute approximate surface area is 106 Å². The van der Waals surface area contributed by atoms with E-state index in [4.69, 9.17) is 10.5 Å². The van der Waals surface area contributed by atoms with Gasteiger partial charge in [0.2, 0.25) is 0 Å². The van der Waals surface area contributed by atoms with E-state index in [0.29, 0.717) is 0 Å². The summed E-state index contributed by atoms with van der Waals surface area (Å²) < 4.78 is 5.57. The van der Waals surface area contributed by atoms with E-state index in [1.807, 2.05) is 0 Å². The summed E-state index contributed by atoms with van der Waals surface area (Å²) in [5, 5.41) is 1.33. The number of hydrogen-bond acceptors (Lipinski definition) is 2. The van der Waals surface area contributed by atoms with Crippen molar-refractivity contribution in [1.29, 1.82) is 0 Å². The average molecular weight is 242 g/mol. The SMILES string of the molecule is NCC1(C2(c3c[nH]c4ccccc34)COC2)CC1. The first-order chi connectivity index (χ1) is 8.81. The van der Waals surface area contributed by atoms with Crippen molar-refractivity contribution in [2.24, 2.45) is 11.1 Å².